The molecule has 0 saturated carbocycles. The Bertz CT molecular complexity index is 529. The normalized spacial score (nSPS) is 14.5. The molecule has 0 aliphatic carbocycles. The highest BCUT2D eigenvalue weighted by Gasteiger charge is 2.23. The fourth-order valence-corrected chi connectivity index (χ4v) is 3.06. The first-order valence-corrected chi connectivity index (χ1v) is 8.91. The molecule has 22 heavy (non-hydrogen) atoms. The number of benzene rings is 1. The quantitative estimate of drug-likeness (QED) is 0.767. The van der Waals surface area contributed by atoms with Gasteiger partial charge in [0, 0.05) is 11.9 Å². The Morgan fingerprint density at radius 2 is 1.77 bits per heavy atom. The Hall–Kier alpha value is -0.780. The first-order chi connectivity index (χ1) is 10.2. The van der Waals surface area contributed by atoms with Crippen molar-refractivity contribution in [2.75, 3.05) is 20.1 Å². The van der Waals surface area contributed by atoms with E-state index in [0.29, 0.717) is 23.8 Å². The van der Waals surface area contributed by atoms with Gasteiger partial charge < -0.3 is 9.47 Å². The zero-order valence-electron chi connectivity index (χ0n) is 14.2. The van der Waals surface area contributed by atoms with Gasteiger partial charge in [0.1, 0.15) is 0 Å². The summed E-state index contributed by atoms with van der Waals surface area (Å²) < 4.78 is 25.9. The third-order valence-corrected chi connectivity index (χ3v) is 5.18. The van der Waals surface area contributed by atoms with Crippen LogP contribution in [0.2, 0.25) is 0 Å². The van der Waals surface area contributed by atoms with Crippen LogP contribution in [0.4, 0.5) is 0 Å². The lowest BCUT2D eigenvalue weighted by molar-refractivity contribution is 0.353. The van der Waals surface area contributed by atoms with Gasteiger partial charge in [0.15, 0.2) is 11.5 Å². The highest BCUT2D eigenvalue weighted by molar-refractivity contribution is 7.84. The zero-order chi connectivity index (χ0) is 16.9. The Kier molecular flexibility index (Phi) is 7.16. The monoisotopic (exact) mass is 347 g/mol. The molecule has 0 bridgehead atoms. The molecule has 1 unspecified atom stereocenters. The summed E-state index contributed by atoms with van der Waals surface area (Å²) in [4.78, 5) is 0. The van der Waals surface area contributed by atoms with E-state index in [-0.39, 0.29) is 10.8 Å². The van der Waals surface area contributed by atoms with Crippen molar-refractivity contribution in [3.8, 4) is 11.5 Å². The predicted molar refractivity (Wildman–Crippen MR) is 93.4 cm³/mol. The molecule has 1 rings (SSSR count). The Balaban J connectivity index is 3.17. The summed E-state index contributed by atoms with van der Waals surface area (Å²) in [6.45, 7) is 7.81. The van der Waals surface area contributed by atoms with Crippen LogP contribution in [0.15, 0.2) is 12.1 Å². The van der Waals surface area contributed by atoms with Crippen LogP contribution in [0.3, 0.4) is 0 Å². The Morgan fingerprint density at radius 1 is 1.23 bits per heavy atom. The number of ether oxygens (including phenoxy) is 2. The first kappa shape index (κ1) is 19.3. The van der Waals surface area contributed by atoms with Crippen LogP contribution >= 0.6 is 11.6 Å². The SMILES string of the molecule is COc1cc(CCCl)c([C@H](C)NS(=O)C(C)(C)C)cc1OC. The minimum Gasteiger partial charge on any atom is -0.493 e. The molecule has 0 heterocycles. The maximum atomic E-state index is 12.3. The Morgan fingerprint density at radius 3 is 2.23 bits per heavy atom. The molecule has 0 radical (unpaired) electrons. The summed E-state index contributed by atoms with van der Waals surface area (Å²) in [5, 5.41) is 0. The van der Waals surface area contributed by atoms with Gasteiger partial charge in [0.2, 0.25) is 0 Å². The van der Waals surface area contributed by atoms with E-state index in [1.807, 2.05) is 39.8 Å². The van der Waals surface area contributed by atoms with Gasteiger partial charge in [-0.3, -0.25) is 0 Å². The van der Waals surface area contributed by atoms with Gasteiger partial charge in [-0.2, -0.15) is 0 Å². The van der Waals surface area contributed by atoms with E-state index < -0.39 is 11.0 Å². The number of rotatable bonds is 7. The minimum absolute atomic E-state index is 0.0851. The lowest BCUT2D eigenvalue weighted by atomic mass is 9.99. The van der Waals surface area contributed by atoms with E-state index >= 15 is 0 Å². The molecule has 0 aliphatic heterocycles. The number of hydrogen-bond donors (Lipinski definition) is 1. The summed E-state index contributed by atoms with van der Waals surface area (Å²) >= 11 is 5.91. The smallest absolute Gasteiger partial charge is 0.161 e. The van der Waals surface area contributed by atoms with E-state index in [2.05, 4.69) is 4.72 Å². The van der Waals surface area contributed by atoms with Crippen molar-refractivity contribution in [1.82, 2.24) is 4.72 Å². The molecule has 1 aromatic carbocycles. The molecule has 4 nitrogen and oxygen atoms in total. The minimum atomic E-state index is -1.15. The van der Waals surface area contributed by atoms with E-state index in [4.69, 9.17) is 21.1 Å². The van der Waals surface area contributed by atoms with Gasteiger partial charge in [-0.1, -0.05) is 0 Å². The van der Waals surface area contributed by atoms with Crippen molar-refractivity contribution >= 4 is 22.6 Å². The number of aryl methyl sites for hydroxylation is 1. The topological polar surface area (TPSA) is 47.6 Å². The standard InChI is InChI=1S/C16H26ClNO3S/c1-11(18-22(19)16(2,3)4)13-10-15(21-6)14(20-5)9-12(13)7-8-17/h9-11,18H,7-8H2,1-6H3/t11-,22?/m0/s1. The molecule has 0 saturated heterocycles. The fraction of sp³-hybridized carbons (Fsp3) is 0.625. The van der Waals surface area contributed by atoms with Gasteiger partial charge in [-0.25, -0.2) is 8.93 Å². The van der Waals surface area contributed by atoms with E-state index in [1.54, 1.807) is 14.2 Å². The second kappa shape index (κ2) is 8.18. The second-order valence-electron chi connectivity index (χ2n) is 6.07. The molecule has 126 valence electrons. The average molecular weight is 348 g/mol. The van der Waals surface area contributed by atoms with Gasteiger partial charge in [0.05, 0.1) is 30.0 Å². The second-order valence-corrected chi connectivity index (χ2v) is 8.44. The summed E-state index contributed by atoms with van der Waals surface area (Å²) in [6, 6.07) is 3.78. The fourth-order valence-electron chi connectivity index (χ4n) is 2.06. The summed E-state index contributed by atoms with van der Waals surface area (Å²) in [6.07, 6.45) is 0.714. The average Bonchev–Trinajstić information content (AvgIpc) is 2.45. The lowest BCUT2D eigenvalue weighted by Crippen LogP contribution is -2.35. The maximum Gasteiger partial charge on any atom is 0.161 e. The molecule has 1 aromatic rings. The highest BCUT2D eigenvalue weighted by Crippen LogP contribution is 2.34. The van der Waals surface area contributed by atoms with Crippen LogP contribution in [-0.2, 0) is 17.4 Å². The van der Waals surface area contributed by atoms with Crippen molar-refractivity contribution in [2.45, 2.75) is 44.9 Å². The van der Waals surface area contributed by atoms with Crippen molar-refractivity contribution in [2.24, 2.45) is 0 Å². The van der Waals surface area contributed by atoms with Crippen molar-refractivity contribution in [3.63, 3.8) is 0 Å². The molecule has 0 aromatic heterocycles. The molecule has 0 aliphatic rings. The van der Waals surface area contributed by atoms with Crippen molar-refractivity contribution in [3.05, 3.63) is 23.3 Å². The summed E-state index contributed by atoms with van der Waals surface area (Å²) in [5.41, 5.74) is 2.09. The lowest BCUT2D eigenvalue weighted by Gasteiger charge is -2.24. The third kappa shape index (κ3) is 4.86. The molecule has 0 fully saturated rings. The van der Waals surface area contributed by atoms with Crippen LogP contribution in [0.5, 0.6) is 11.5 Å². The van der Waals surface area contributed by atoms with E-state index in [0.717, 1.165) is 11.1 Å². The zero-order valence-corrected chi connectivity index (χ0v) is 15.7. The summed E-state index contributed by atoms with van der Waals surface area (Å²) in [7, 11) is 2.06. The molecular weight excluding hydrogens is 322 g/mol. The molecule has 0 amide bonds. The molecule has 1 N–H and O–H groups in total. The molecule has 6 heteroatoms. The van der Waals surface area contributed by atoms with Crippen LogP contribution in [0, 0.1) is 0 Å². The van der Waals surface area contributed by atoms with Crippen LogP contribution in [-0.4, -0.2) is 29.1 Å². The highest BCUT2D eigenvalue weighted by atomic mass is 35.5. The molecule has 0 spiro atoms. The Labute approximate surface area is 141 Å². The third-order valence-electron chi connectivity index (χ3n) is 3.32. The van der Waals surface area contributed by atoms with Crippen LogP contribution in [0.1, 0.15) is 44.9 Å². The molecule has 2 atom stereocenters. The summed E-state index contributed by atoms with van der Waals surface area (Å²) in [5.74, 6) is 1.85. The van der Waals surface area contributed by atoms with Crippen LogP contribution < -0.4 is 14.2 Å². The largest absolute Gasteiger partial charge is 0.493 e. The number of hydrogen-bond acceptors (Lipinski definition) is 3. The number of methoxy groups -OCH3 is 2. The van der Waals surface area contributed by atoms with Crippen molar-refractivity contribution < 1.29 is 13.7 Å². The van der Waals surface area contributed by atoms with Gasteiger partial charge in [0.25, 0.3) is 0 Å². The van der Waals surface area contributed by atoms with E-state index in [1.165, 1.54) is 0 Å². The number of alkyl halides is 1. The van der Waals surface area contributed by atoms with Crippen LogP contribution in [0.25, 0.3) is 0 Å². The van der Waals surface area contributed by atoms with E-state index in [9.17, 15) is 4.21 Å². The van der Waals surface area contributed by atoms with Gasteiger partial charge in [-0.15, -0.1) is 11.6 Å². The maximum absolute atomic E-state index is 12.3. The number of halogens is 1. The predicted octanol–water partition coefficient (Wildman–Crippen LogP) is 3.60. The van der Waals surface area contributed by atoms with Crippen molar-refractivity contribution in [1.29, 1.82) is 0 Å². The number of nitrogens with one attached hydrogen (secondary N) is 1. The van der Waals surface area contributed by atoms with Gasteiger partial charge in [-0.05, 0) is 57.4 Å². The molecular formula is C16H26ClNO3S. The van der Waals surface area contributed by atoms with Gasteiger partial charge >= 0.3 is 0 Å². The first-order valence-electron chi connectivity index (χ1n) is 7.23.